The number of ether oxygens (including phenoxy) is 6. The summed E-state index contributed by atoms with van der Waals surface area (Å²) in [5.74, 6) is -1.51. The van der Waals surface area contributed by atoms with Crippen LogP contribution in [0.5, 0.6) is 0 Å². The van der Waals surface area contributed by atoms with Gasteiger partial charge in [-0.2, -0.15) is 0 Å². The maximum absolute atomic E-state index is 12.3. The molecule has 166 valence electrons. The summed E-state index contributed by atoms with van der Waals surface area (Å²) in [5.41, 5.74) is 0.0159. The second kappa shape index (κ2) is 7.57. The molecule has 3 heterocycles. The highest BCUT2D eigenvalue weighted by atomic mass is 17.0. The zero-order valence-electron chi connectivity index (χ0n) is 18.5. The minimum atomic E-state index is -1.22. The molecule has 3 fully saturated rings. The van der Waals surface area contributed by atoms with Gasteiger partial charge in [-0.15, -0.1) is 0 Å². The molecule has 3 aliphatic heterocycles. The second-order valence-electron chi connectivity index (χ2n) is 10.2. The van der Waals surface area contributed by atoms with Crippen LogP contribution in [-0.2, 0) is 39.8 Å². The van der Waals surface area contributed by atoms with E-state index in [0.717, 1.165) is 5.56 Å². The van der Waals surface area contributed by atoms with Gasteiger partial charge in [0.2, 0.25) is 0 Å². The lowest BCUT2D eigenvalue weighted by molar-refractivity contribution is -0.430. The predicted molar refractivity (Wildman–Crippen MR) is 107 cm³/mol. The zero-order chi connectivity index (χ0) is 21.7. The van der Waals surface area contributed by atoms with Gasteiger partial charge < -0.3 is 23.7 Å². The fourth-order valence-corrected chi connectivity index (χ4v) is 3.83. The smallest absolute Gasteiger partial charge is 0.311 e. The first-order chi connectivity index (χ1) is 14.0. The normalized spacial score (nSPS) is 35.5. The van der Waals surface area contributed by atoms with Gasteiger partial charge in [-0.25, -0.2) is 0 Å². The van der Waals surface area contributed by atoms with Crippen molar-refractivity contribution in [3.63, 3.8) is 0 Å². The van der Waals surface area contributed by atoms with Gasteiger partial charge in [0.15, 0.2) is 6.29 Å². The van der Waals surface area contributed by atoms with E-state index in [2.05, 4.69) is 0 Å². The molecule has 1 unspecified atom stereocenters. The van der Waals surface area contributed by atoms with E-state index >= 15 is 0 Å². The summed E-state index contributed by atoms with van der Waals surface area (Å²) in [5, 5.41) is 0. The molecule has 6 atom stereocenters. The molecule has 4 rings (SSSR count). The monoisotopic (exact) mass is 420 g/mol. The second-order valence-corrected chi connectivity index (χ2v) is 10.2. The van der Waals surface area contributed by atoms with Gasteiger partial charge in [0.25, 0.3) is 5.97 Å². The van der Waals surface area contributed by atoms with Crippen molar-refractivity contribution in [2.75, 3.05) is 6.61 Å². The van der Waals surface area contributed by atoms with Gasteiger partial charge >= 0.3 is 5.97 Å². The lowest BCUT2D eigenvalue weighted by Crippen LogP contribution is -2.64. The number of fused-ring (bicyclic) bond motifs is 2. The van der Waals surface area contributed by atoms with Gasteiger partial charge in [-0.1, -0.05) is 51.1 Å². The quantitative estimate of drug-likeness (QED) is 0.676. The van der Waals surface area contributed by atoms with Crippen molar-refractivity contribution in [1.29, 1.82) is 0 Å². The molecule has 7 heteroatoms. The van der Waals surface area contributed by atoms with Gasteiger partial charge in [-0.05, 0) is 26.3 Å². The van der Waals surface area contributed by atoms with Gasteiger partial charge in [-0.3, -0.25) is 9.53 Å². The Labute approximate surface area is 177 Å². The van der Waals surface area contributed by atoms with Crippen LogP contribution in [-0.4, -0.2) is 49.3 Å². The molecule has 1 aromatic rings. The summed E-state index contributed by atoms with van der Waals surface area (Å²) >= 11 is 0. The number of carbonyl (C=O) groups excluding carboxylic acids is 1. The van der Waals surface area contributed by atoms with Crippen LogP contribution in [0, 0.1) is 10.8 Å². The Balaban J connectivity index is 1.53. The number of hydrogen-bond donors (Lipinski definition) is 0. The van der Waals surface area contributed by atoms with E-state index in [1.165, 1.54) is 0 Å². The van der Waals surface area contributed by atoms with E-state index in [-0.39, 0.29) is 12.6 Å². The molecule has 0 radical (unpaired) electrons. The van der Waals surface area contributed by atoms with E-state index < -0.39 is 47.5 Å². The Morgan fingerprint density at radius 3 is 2.30 bits per heavy atom. The Morgan fingerprint density at radius 2 is 1.67 bits per heavy atom. The Bertz CT molecular complexity index is 766. The molecule has 0 N–H and O–H groups in total. The lowest BCUT2D eigenvalue weighted by atomic mass is 9.90. The number of hydrogen-bond acceptors (Lipinski definition) is 7. The van der Waals surface area contributed by atoms with Crippen LogP contribution in [0.25, 0.3) is 0 Å². The maximum atomic E-state index is 12.3. The number of esters is 1. The van der Waals surface area contributed by atoms with Crippen LogP contribution in [0.3, 0.4) is 0 Å². The summed E-state index contributed by atoms with van der Waals surface area (Å²) in [4.78, 5) is 12.3. The van der Waals surface area contributed by atoms with Crippen molar-refractivity contribution in [3.05, 3.63) is 35.9 Å². The molecule has 7 nitrogen and oxygen atoms in total. The van der Waals surface area contributed by atoms with Crippen molar-refractivity contribution in [2.24, 2.45) is 10.8 Å². The Kier molecular flexibility index (Phi) is 5.48. The molecular formula is C23H32O7. The Hall–Kier alpha value is -1.51. The van der Waals surface area contributed by atoms with E-state index in [1.54, 1.807) is 0 Å². The zero-order valence-corrected chi connectivity index (χ0v) is 18.5. The fraction of sp³-hybridized carbons (Fsp3) is 0.696. The summed E-state index contributed by atoms with van der Waals surface area (Å²) < 4.78 is 36.6. The minimum absolute atomic E-state index is 0.0682. The molecule has 1 aromatic carbocycles. The summed E-state index contributed by atoms with van der Waals surface area (Å²) in [7, 11) is 0. The Morgan fingerprint density at radius 1 is 1.00 bits per heavy atom. The first-order valence-electron chi connectivity index (χ1n) is 10.5. The predicted octanol–water partition coefficient (Wildman–Crippen LogP) is 3.40. The van der Waals surface area contributed by atoms with Gasteiger partial charge in [0.05, 0.1) is 12.0 Å². The third kappa shape index (κ3) is 3.89. The highest BCUT2D eigenvalue weighted by Gasteiger charge is 2.69. The van der Waals surface area contributed by atoms with E-state index in [0.29, 0.717) is 6.61 Å². The van der Waals surface area contributed by atoms with Crippen molar-refractivity contribution in [1.82, 2.24) is 0 Å². The van der Waals surface area contributed by atoms with E-state index in [9.17, 15) is 4.79 Å². The van der Waals surface area contributed by atoms with Crippen molar-refractivity contribution < 1.29 is 33.2 Å². The highest BCUT2D eigenvalue weighted by Crippen LogP contribution is 2.53. The van der Waals surface area contributed by atoms with Crippen LogP contribution in [0.2, 0.25) is 0 Å². The molecule has 0 spiro atoms. The SMILES string of the molecule is CC(C)(C)C(=O)OC[C@H]1O[C@@H]2OC3(C(C)(C)C)O[C@@H]2[C@@H](OCc2ccccc2)[C@@H]1O3. The topological polar surface area (TPSA) is 72.5 Å². The summed E-state index contributed by atoms with van der Waals surface area (Å²) in [6.07, 6.45) is -2.46. The van der Waals surface area contributed by atoms with Crippen LogP contribution in [0.15, 0.2) is 30.3 Å². The molecule has 3 saturated heterocycles. The van der Waals surface area contributed by atoms with Crippen LogP contribution < -0.4 is 0 Å². The summed E-state index contributed by atoms with van der Waals surface area (Å²) in [6.45, 7) is 11.9. The number of benzene rings is 1. The molecule has 0 aliphatic carbocycles. The lowest BCUT2D eigenvalue weighted by Gasteiger charge is -2.48. The minimum Gasteiger partial charge on any atom is -0.462 e. The average Bonchev–Trinajstić information content (AvgIpc) is 2.89. The van der Waals surface area contributed by atoms with E-state index in [1.807, 2.05) is 71.9 Å². The van der Waals surface area contributed by atoms with Crippen molar-refractivity contribution >= 4 is 5.97 Å². The third-order valence-corrected chi connectivity index (χ3v) is 5.64. The van der Waals surface area contributed by atoms with Crippen molar-refractivity contribution in [3.8, 4) is 0 Å². The maximum Gasteiger partial charge on any atom is 0.311 e. The molecule has 30 heavy (non-hydrogen) atoms. The van der Waals surface area contributed by atoms with E-state index in [4.69, 9.17) is 28.4 Å². The number of carbonyl (C=O) groups is 1. The van der Waals surface area contributed by atoms with Crippen LogP contribution in [0.1, 0.15) is 47.1 Å². The van der Waals surface area contributed by atoms with Crippen LogP contribution in [0.4, 0.5) is 0 Å². The van der Waals surface area contributed by atoms with Crippen LogP contribution >= 0.6 is 0 Å². The fourth-order valence-electron chi connectivity index (χ4n) is 3.83. The molecule has 3 aliphatic rings. The largest absolute Gasteiger partial charge is 0.462 e. The molecule has 3 bridgehead atoms. The highest BCUT2D eigenvalue weighted by molar-refractivity contribution is 5.75. The number of rotatable bonds is 5. The summed E-state index contributed by atoms with van der Waals surface area (Å²) in [6, 6.07) is 9.92. The first-order valence-corrected chi connectivity index (χ1v) is 10.5. The standard InChI is InChI=1S/C23H32O7/c1-21(2,3)20(24)26-13-15-16-17(25-12-14-10-8-7-9-11-14)18-19(27-15)30-23(28-16,29-18)22(4,5)6/h7-11,15-19H,12-13H2,1-6H3/t15-,16-,17+,18-,19-,23?/m1/s1. The van der Waals surface area contributed by atoms with Crippen molar-refractivity contribution in [2.45, 2.75) is 84.8 Å². The molecule has 0 amide bonds. The van der Waals surface area contributed by atoms with Gasteiger partial charge in [0.1, 0.15) is 31.0 Å². The molecule has 0 saturated carbocycles. The van der Waals surface area contributed by atoms with Gasteiger partial charge in [0, 0.05) is 5.41 Å². The third-order valence-electron chi connectivity index (χ3n) is 5.64. The average molecular weight is 421 g/mol. The molecular weight excluding hydrogens is 388 g/mol. The first kappa shape index (κ1) is 21.7. The molecule has 0 aromatic heterocycles.